The first-order valence-electron chi connectivity index (χ1n) is 48.1. The summed E-state index contributed by atoms with van der Waals surface area (Å²) in [5, 5.41) is 3.30. The van der Waals surface area contributed by atoms with Gasteiger partial charge in [0.25, 0.3) is 0 Å². The Bertz CT molecular complexity index is 3560. The number of guanidine groups is 2. The number of amidine groups is 1. The highest BCUT2D eigenvalue weighted by Crippen LogP contribution is 2.43. The van der Waals surface area contributed by atoms with Gasteiger partial charge in [-0.2, -0.15) is 0 Å². The maximum Gasteiger partial charge on any atom is 0.196 e. The van der Waals surface area contributed by atoms with Gasteiger partial charge >= 0.3 is 0 Å². The van der Waals surface area contributed by atoms with Crippen LogP contribution in [0.4, 0.5) is 17.1 Å². The SMILES string of the molecule is C1CCC2=NCCCN2CC1.C1CCN2C[C@H]3C[C@H](CN4CCCC[C@@H]34)[C@H]2C1.C1CN=C2NCCCN2C1.CC1=C(C)N(C(C)C)CN1C(C)C.CN(C)C1CCCCC1.CN(C)C1CCCCC1N(C)C.CN(C)c1ccncc1.CN1CCCN2CCCN=C12.Cc1cc(C)c(N2C=CN(c3c(C)cc(C)cc3C)C2)c(C)c1.c1ccncc1. The second kappa shape index (κ2) is 50.8. The number of nitrogens with one attached hydrogen (secondary N) is 1. The molecule has 6 atom stereocenters. The van der Waals surface area contributed by atoms with Gasteiger partial charge in [-0.3, -0.25) is 34.7 Å². The lowest BCUT2D eigenvalue weighted by molar-refractivity contribution is -0.0718. The van der Waals surface area contributed by atoms with Crippen LogP contribution in [0.2, 0.25) is 0 Å². The summed E-state index contributed by atoms with van der Waals surface area (Å²) in [6.07, 6.45) is 46.3. The van der Waals surface area contributed by atoms with Crippen molar-refractivity contribution >= 4 is 34.8 Å². The van der Waals surface area contributed by atoms with Crippen LogP contribution >= 0.6 is 0 Å². The summed E-state index contributed by atoms with van der Waals surface area (Å²) >= 11 is 0. The van der Waals surface area contributed by atoms with Crippen LogP contribution in [-0.4, -0.2) is 299 Å². The summed E-state index contributed by atoms with van der Waals surface area (Å²) in [4.78, 5) is 55.1. The van der Waals surface area contributed by atoms with Gasteiger partial charge in [0.1, 0.15) is 0 Å². The molecule has 2 aromatic heterocycles. The largest absolute Gasteiger partial charge is 0.378 e. The van der Waals surface area contributed by atoms with Gasteiger partial charge in [-0.25, -0.2) is 0 Å². The molecule has 2 bridgehead atoms. The molecule has 14 aliphatic rings. The first kappa shape index (κ1) is 97.8. The van der Waals surface area contributed by atoms with Crippen molar-refractivity contribution in [2.24, 2.45) is 26.8 Å². The van der Waals surface area contributed by atoms with Crippen molar-refractivity contribution in [1.29, 1.82) is 0 Å². The second-order valence-electron chi connectivity index (χ2n) is 38.5. The minimum absolute atomic E-state index is 0.610. The van der Waals surface area contributed by atoms with E-state index in [1.54, 1.807) is 31.2 Å². The minimum atomic E-state index is 0.610. The summed E-state index contributed by atoms with van der Waals surface area (Å²) < 4.78 is 0. The van der Waals surface area contributed by atoms with Crippen molar-refractivity contribution in [3.05, 3.63) is 137 Å². The smallest absolute Gasteiger partial charge is 0.196 e. The number of allylic oxidation sites excluding steroid dienone is 2. The van der Waals surface area contributed by atoms with Crippen LogP contribution in [0.1, 0.15) is 235 Å². The molecule has 0 radical (unpaired) electrons. The van der Waals surface area contributed by atoms with Crippen molar-refractivity contribution in [1.82, 2.24) is 69.2 Å². The van der Waals surface area contributed by atoms with Gasteiger partial charge in [0.15, 0.2) is 11.9 Å². The number of rotatable bonds is 8. The predicted octanol–water partition coefficient (Wildman–Crippen LogP) is 17.9. The normalized spacial score (nSPS) is 23.8. The number of hydrogen-bond acceptors (Lipinski definition) is 20. The molecule has 2 unspecified atom stereocenters. The average Bonchev–Trinajstić information content (AvgIpc) is 1.45. The van der Waals surface area contributed by atoms with E-state index >= 15 is 0 Å². The Balaban J connectivity index is 0.000000156. The van der Waals surface area contributed by atoms with E-state index in [9.17, 15) is 0 Å². The van der Waals surface area contributed by atoms with Crippen LogP contribution in [0, 0.1) is 53.4 Å². The molecule has 12 aliphatic heterocycles. The van der Waals surface area contributed by atoms with E-state index < -0.39 is 0 Å². The fourth-order valence-corrected chi connectivity index (χ4v) is 21.2. The Labute approximate surface area is 738 Å². The highest BCUT2D eigenvalue weighted by Gasteiger charge is 2.46. The second-order valence-corrected chi connectivity index (χ2v) is 38.5. The minimum Gasteiger partial charge on any atom is -0.378 e. The van der Waals surface area contributed by atoms with Gasteiger partial charge in [0.2, 0.25) is 0 Å². The fraction of sp³-hybridized carbons (Fsp3) is 0.713. The zero-order chi connectivity index (χ0) is 86.9. The summed E-state index contributed by atoms with van der Waals surface area (Å²) in [5.41, 5.74) is 14.7. The maximum atomic E-state index is 4.55. The van der Waals surface area contributed by atoms with Crippen molar-refractivity contribution in [2.75, 3.05) is 190 Å². The molecule has 14 heterocycles. The van der Waals surface area contributed by atoms with Gasteiger partial charge in [-0.15, -0.1) is 0 Å². The van der Waals surface area contributed by atoms with E-state index in [0.29, 0.717) is 12.1 Å². The number of aryl methyl sites for hydroxylation is 6. The summed E-state index contributed by atoms with van der Waals surface area (Å²) in [7, 11) is 19.3. The van der Waals surface area contributed by atoms with Crippen LogP contribution in [0.15, 0.2) is 118 Å². The topological polar surface area (TPSA) is 120 Å². The molecule has 0 amide bonds. The molecule has 1 N–H and O–H groups in total. The molecule has 20 heteroatoms. The summed E-state index contributed by atoms with van der Waals surface area (Å²) in [6, 6.07) is 24.3. The van der Waals surface area contributed by atoms with Crippen molar-refractivity contribution < 1.29 is 0 Å². The van der Waals surface area contributed by atoms with Crippen LogP contribution < -0.4 is 20.0 Å². The molecule has 18 rings (SSSR count). The number of hydrogen-bond donors (Lipinski definition) is 1. The van der Waals surface area contributed by atoms with Crippen molar-refractivity contribution in [3.63, 3.8) is 0 Å². The number of anilines is 3. The Morgan fingerprint density at radius 3 is 1.33 bits per heavy atom. The quantitative estimate of drug-likeness (QED) is 0.180. The van der Waals surface area contributed by atoms with Crippen molar-refractivity contribution in [2.45, 2.75) is 286 Å². The third-order valence-corrected chi connectivity index (χ3v) is 27.5. The van der Waals surface area contributed by atoms with E-state index in [-0.39, 0.29) is 0 Å². The van der Waals surface area contributed by atoms with E-state index in [0.717, 1.165) is 87.5 Å². The highest BCUT2D eigenvalue weighted by molar-refractivity contribution is 5.83. The van der Waals surface area contributed by atoms with Gasteiger partial charge in [-0.05, 0) is 300 Å². The molecule has 2 aliphatic carbocycles. The van der Waals surface area contributed by atoms with Gasteiger partial charge in [-0.1, -0.05) is 92.8 Å². The molecular formula is C101H172N20. The van der Waals surface area contributed by atoms with Crippen molar-refractivity contribution in [3.8, 4) is 0 Å². The number of likely N-dealkylation sites (N-methyl/N-ethyl adjacent to an activating group) is 2. The van der Waals surface area contributed by atoms with Crippen LogP contribution in [0.5, 0.6) is 0 Å². The molecule has 2 aromatic carbocycles. The molecule has 20 nitrogen and oxygen atoms in total. The molecule has 4 aromatic rings. The molecule has 2 saturated carbocycles. The molecule has 676 valence electrons. The molecule has 7 saturated heterocycles. The molecule has 121 heavy (non-hydrogen) atoms. The average molecular weight is 1670 g/mol. The van der Waals surface area contributed by atoms with Gasteiger partial charge < -0.3 is 64.1 Å². The monoisotopic (exact) mass is 1670 g/mol. The number of aliphatic imine (C=N–C) groups is 3. The Morgan fingerprint density at radius 1 is 0.421 bits per heavy atom. The molecule has 9 fully saturated rings. The lowest BCUT2D eigenvalue weighted by Crippen LogP contribution is -2.63. The van der Waals surface area contributed by atoms with Crippen LogP contribution in [-0.2, 0) is 0 Å². The number of fused-ring (bicyclic) bond motifs is 9. The third kappa shape index (κ3) is 30.1. The van der Waals surface area contributed by atoms with Gasteiger partial charge in [0.05, 0.1) is 19.2 Å². The Hall–Kier alpha value is -6.97. The zero-order valence-corrected chi connectivity index (χ0v) is 80.6. The van der Waals surface area contributed by atoms with E-state index in [2.05, 4.69) is 263 Å². The zero-order valence-electron chi connectivity index (χ0n) is 80.6. The lowest BCUT2D eigenvalue weighted by Gasteiger charge is -2.57. The van der Waals surface area contributed by atoms with Crippen LogP contribution in [0.25, 0.3) is 0 Å². The maximum absolute atomic E-state index is 4.55. The van der Waals surface area contributed by atoms with Crippen LogP contribution in [0.3, 0.4) is 0 Å². The number of nitrogens with zero attached hydrogens (tertiary/aromatic N) is 19. The first-order chi connectivity index (χ1) is 58.3. The third-order valence-electron chi connectivity index (χ3n) is 27.5. The number of aromatic nitrogens is 2. The number of piperidine rings is 4. The number of pyridine rings is 2. The summed E-state index contributed by atoms with van der Waals surface area (Å²) in [5.74, 6) is 5.79. The molecule has 0 spiro atoms. The van der Waals surface area contributed by atoms with E-state index in [1.165, 1.54) is 300 Å². The standard InChI is InChI=1S/C21H26N2.C15H26N2.C11H22N2.C10H22N2.C9H16N2.C8H15N3.C8H17N.C7H13N3.C7H10N2.C5H5N/c1-14-9-16(3)20(17(4)10-14)22-7-8-23(13-22)21-18(5)11-15(2)12-19(21)6;1-3-7-16-11-13-9-12(14(16)5-1)10-17-8-4-2-6-15(13)17;1-8(2)12-7-13(9(3)4)11(6)10(12)5;1-11(2)9-7-5-6-8-10(9)12(3)4;1-2-5-9-10-6-4-8-11(9)7-3-1;1-10-5-3-7-11-6-2-4-9-8(10)11;1-9(2)8-6-4-3-5-7-8;1-3-8-7-9-4-2-6-10(7)5-1;1-9(2)7-3-5-8-6-4-7;1-2-4-6-5-3-1/h7-12H,13H2,1-6H3;12-15H,1-11H2;8-9H,7H2,1-6H3;9-10H,5-8H2,1-4H3;1-8H2;2-7H2,1H3;8H,3-7H2,1-2H3;1-6H2,(H,8,9);3-6H,1-2H3;1-5H/t;12-,13-,14-,15+;;;;;;;;/m.1......../s1. The summed E-state index contributed by atoms with van der Waals surface area (Å²) in [6.45, 7) is 46.9. The highest BCUT2D eigenvalue weighted by atomic mass is 15.4. The Kier molecular flexibility index (Phi) is 41.1. The van der Waals surface area contributed by atoms with Gasteiger partial charge in [0, 0.05) is 221 Å². The lowest BCUT2D eigenvalue weighted by atomic mass is 9.71. The molecular weight excluding hydrogens is 1490 g/mol. The first-order valence-corrected chi connectivity index (χ1v) is 48.1. The van der Waals surface area contributed by atoms with E-state index in [4.69, 9.17) is 0 Å². The predicted molar refractivity (Wildman–Crippen MR) is 518 cm³/mol. The fourth-order valence-electron chi connectivity index (χ4n) is 21.2. The number of benzene rings is 2. The Morgan fingerprint density at radius 2 is 0.876 bits per heavy atom. The van der Waals surface area contributed by atoms with E-state index in [1.807, 2.05) is 49.3 Å².